The molecule has 1 aromatic rings. The van der Waals surface area contributed by atoms with Gasteiger partial charge in [0.1, 0.15) is 12.9 Å². The number of halogens is 1. The Morgan fingerprint density at radius 1 is 1.33 bits per heavy atom. The van der Waals surface area contributed by atoms with E-state index in [1.165, 1.54) is 0 Å². The molecule has 1 aromatic carbocycles. The van der Waals surface area contributed by atoms with Crippen LogP contribution in [0.2, 0.25) is 0 Å². The van der Waals surface area contributed by atoms with E-state index in [9.17, 15) is 4.79 Å². The van der Waals surface area contributed by atoms with Crippen molar-refractivity contribution in [1.29, 1.82) is 0 Å². The zero-order chi connectivity index (χ0) is 13.5. The van der Waals surface area contributed by atoms with Crippen LogP contribution in [0.25, 0.3) is 0 Å². The summed E-state index contributed by atoms with van der Waals surface area (Å²) in [6.45, 7) is 3.80. The largest absolute Gasteiger partial charge is 0.490 e. The van der Waals surface area contributed by atoms with E-state index < -0.39 is 0 Å². The molecule has 0 unspecified atom stereocenters. The lowest BCUT2D eigenvalue weighted by atomic mass is 10.2. The molecule has 100 valence electrons. The fourth-order valence-electron chi connectivity index (χ4n) is 1.39. The highest BCUT2D eigenvalue weighted by Crippen LogP contribution is 2.36. The van der Waals surface area contributed by atoms with Crippen molar-refractivity contribution >= 4 is 22.2 Å². The Bertz CT molecular complexity index is 407. The Hall–Kier alpha value is -1.07. The van der Waals surface area contributed by atoms with Crippen LogP contribution in [0.4, 0.5) is 0 Å². The Kier molecular flexibility index (Phi) is 6.15. The molecule has 0 aliphatic carbocycles. The summed E-state index contributed by atoms with van der Waals surface area (Å²) in [7, 11) is 3.97. The minimum atomic E-state index is 0.527. The van der Waals surface area contributed by atoms with Gasteiger partial charge in [0.25, 0.3) is 0 Å². The van der Waals surface area contributed by atoms with Crippen molar-refractivity contribution in [2.45, 2.75) is 6.92 Å². The van der Waals surface area contributed by atoms with Crippen LogP contribution in [-0.2, 0) is 0 Å². The average Bonchev–Trinajstić information content (AvgIpc) is 2.32. The standard InChI is InChI=1S/C13H18BrNO3/c1-4-17-12-8-10(9-16)7-11(14)13(12)18-6-5-15(2)3/h7-9H,4-6H2,1-3H3. The van der Waals surface area contributed by atoms with E-state index in [4.69, 9.17) is 9.47 Å². The predicted octanol–water partition coefficient (Wildman–Crippen LogP) is 2.60. The molecule has 0 spiro atoms. The van der Waals surface area contributed by atoms with Gasteiger partial charge in [0.2, 0.25) is 0 Å². The van der Waals surface area contributed by atoms with E-state index in [-0.39, 0.29) is 0 Å². The Balaban J connectivity index is 2.89. The number of hydrogen-bond donors (Lipinski definition) is 0. The Morgan fingerprint density at radius 2 is 2.06 bits per heavy atom. The summed E-state index contributed by atoms with van der Waals surface area (Å²) in [5.41, 5.74) is 0.560. The molecular formula is C13H18BrNO3. The van der Waals surface area contributed by atoms with Crippen molar-refractivity contribution in [3.63, 3.8) is 0 Å². The van der Waals surface area contributed by atoms with Crippen LogP contribution < -0.4 is 9.47 Å². The van der Waals surface area contributed by atoms with Gasteiger partial charge in [0.05, 0.1) is 11.1 Å². The lowest BCUT2D eigenvalue weighted by molar-refractivity contribution is 0.112. The van der Waals surface area contributed by atoms with Gasteiger partial charge in [-0.15, -0.1) is 0 Å². The molecule has 0 atom stereocenters. The van der Waals surface area contributed by atoms with Crippen molar-refractivity contribution in [2.75, 3.05) is 33.9 Å². The van der Waals surface area contributed by atoms with Crippen molar-refractivity contribution in [3.05, 3.63) is 22.2 Å². The number of hydrogen-bond acceptors (Lipinski definition) is 4. The van der Waals surface area contributed by atoms with E-state index in [1.807, 2.05) is 25.9 Å². The molecule has 0 saturated carbocycles. The van der Waals surface area contributed by atoms with Gasteiger partial charge in [-0.3, -0.25) is 4.79 Å². The van der Waals surface area contributed by atoms with Crippen LogP contribution in [0.1, 0.15) is 17.3 Å². The summed E-state index contributed by atoms with van der Waals surface area (Å²) in [5, 5.41) is 0. The van der Waals surface area contributed by atoms with Gasteiger partial charge in [0.15, 0.2) is 11.5 Å². The first-order chi connectivity index (χ1) is 8.58. The average molecular weight is 316 g/mol. The molecule has 18 heavy (non-hydrogen) atoms. The van der Waals surface area contributed by atoms with Crippen LogP contribution in [-0.4, -0.2) is 45.0 Å². The molecule has 4 nitrogen and oxygen atoms in total. The molecule has 0 N–H and O–H groups in total. The highest BCUT2D eigenvalue weighted by atomic mass is 79.9. The van der Waals surface area contributed by atoms with Gasteiger partial charge in [-0.1, -0.05) is 0 Å². The molecule has 0 fully saturated rings. The maximum Gasteiger partial charge on any atom is 0.175 e. The topological polar surface area (TPSA) is 38.8 Å². The fourth-order valence-corrected chi connectivity index (χ4v) is 1.96. The first-order valence-corrected chi connectivity index (χ1v) is 6.56. The number of carbonyl (C=O) groups excluding carboxylic acids is 1. The number of likely N-dealkylation sites (N-methyl/N-ethyl adjacent to an activating group) is 1. The lowest BCUT2D eigenvalue weighted by Crippen LogP contribution is -2.19. The summed E-state index contributed by atoms with van der Waals surface area (Å²) in [5.74, 6) is 1.23. The van der Waals surface area contributed by atoms with Crippen molar-refractivity contribution in [1.82, 2.24) is 4.90 Å². The number of carbonyl (C=O) groups is 1. The third-order valence-corrected chi connectivity index (χ3v) is 2.84. The second kappa shape index (κ2) is 7.38. The van der Waals surface area contributed by atoms with E-state index in [1.54, 1.807) is 12.1 Å². The van der Waals surface area contributed by atoms with Crippen molar-refractivity contribution < 1.29 is 14.3 Å². The minimum absolute atomic E-state index is 0.527. The summed E-state index contributed by atoms with van der Waals surface area (Å²) < 4.78 is 11.9. The first-order valence-electron chi connectivity index (χ1n) is 5.77. The number of nitrogens with zero attached hydrogens (tertiary/aromatic N) is 1. The van der Waals surface area contributed by atoms with Gasteiger partial charge in [0, 0.05) is 12.1 Å². The highest BCUT2D eigenvalue weighted by molar-refractivity contribution is 9.10. The van der Waals surface area contributed by atoms with Gasteiger partial charge in [-0.2, -0.15) is 0 Å². The molecule has 0 saturated heterocycles. The van der Waals surface area contributed by atoms with Crippen LogP contribution >= 0.6 is 15.9 Å². The Morgan fingerprint density at radius 3 is 2.61 bits per heavy atom. The fraction of sp³-hybridized carbons (Fsp3) is 0.462. The summed E-state index contributed by atoms with van der Waals surface area (Å²) >= 11 is 3.40. The zero-order valence-electron chi connectivity index (χ0n) is 10.9. The monoisotopic (exact) mass is 315 g/mol. The molecule has 0 aliphatic rings. The van der Waals surface area contributed by atoms with E-state index >= 15 is 0 Å². The van der Waals surface area contributed by atoms with Crippen molar-refractivity contribution in [3.8, 4) is 11.5 Å². The summed E-state index contributed by atoms with van der Waals surface area (Å²) in [6.07, 6.45) is 0.789. The number of benzene rings is 1. The molecule has 0 bridgehead atoms. The van der Waals surface area contributed by atoms with Crippen LogP contribution in [0, 0.1) is 0 Å². The van der Waals surface area contributed by atoms with Crippen LogP contribution in [0.15, 0.2) is 16.6 Å². The predicted molar refractivity (Wildman–Crippen MR) is 74.7 cm³/mol. The summed E-state index contributed by atoms with van der Waals surface area (Å²) in [6, 6.07) is 3.41. The SMILES string of the molecule is CCOc1cc(C=O)cc(Br)c1OCCN(C)C. The quantitative estimate of drug-likeness (QED) is 0.725. The molecule has 0 heterocycles. The molecule has 0 radical (unpaired) electrons. The lowest BCUT2D eigenvalue weighted by Gasteiger charge is -2.16. The summed E-state index contributed by atoms with van der Waals surface area (Å²) in [4.78, 5) is 12.8. The molecule has 0 aliphatic heterocycles. The van der Waals surface area contributed by atoms with Gasteiger partial charge >= 0.3 is 0 Å². The second-order valence-corrected chi connectivity index (χ2v) is 4.89. The van der Waals surface area contributed by atoms with E-state index in [0.29, 0.717) is 30.3 Å². The smallest absolute Gasteiger partial charge is 0.175 e. The highest BCUT2D eigenvalue weighted by Gasteiger charge is 2.12. The molecule has 0 aromatic heterocycles. The van der Waals surface area contributed by atoms with Crippen LogP contribution in [0.3, 0.4) is 0 Å². The van der Waals surface area contributed by atoms with Gasteiger partial charge < -0.3 is 14.4 Å². The molecule has 1 rings (SSSR count). The first kappa shape index (κ1) is 15.0. The maximum absolute atomic E-state index is 10.8. The molecule has 5 heteroatoms. The van der Waals surface area contributed by atoms with Gasteiger partial charge in [-0.25, -0.2) is 0 Å². The number of rotatable bonds is 7. The maximum atomic E-state index is 10.8. The minimum Gasteiger partial charge on any atom is -0.490 e. The molecular weight excluding hydrogens is 298 g/mol. The van der Waals surface area contributed by atoms with Crippen molar-refractivity contribution in [2.24, 2.45) is 0 Å². The number of ether oxygens (including phenoxy) is 2. The zero-order valence-corrected chi connectivity index (χ0v) is 12.5. The van der Waals surface area contributed by atoms with E-state index in [2.05, 4.69) is 15.9 Å². The van der Waals surface area contributed by atoms with Crippen LogP contribution in [0.5, 0.6) is 11.5 Å². The number of aldehydes is 1. The third kappa shape index (κ3) is 4.31. The van der Waals surface area contributed by atoms with E-state index in [0.717, 1.165) is 17.3 Å². The van der Waals surface area contributed by atoms with Gasteiger partial charge in [-0.05, 0) is 49.1 Å². The molecule has 0 amide bonds. The second-order valence-electron chi connectivity index (χ2n) is 4.03. The third-order valence-electron chi connectivity index (χ3n) is 2.25. The Labute approximate surface area is 116 Å². The normalized spacial score (nSPS) is 10.5.